The number of unbranched alkanes of at least 4 members (excludes halogenated alkanes) is 1. The number of methoxy groups -OCH3 is 1. The van der Waals surface area contributed by atoms with Gasteiger partial charge in [-0.25, -0.2) is 0 Å². The lowest BCUT2D eigenvalue weighted by Gasteiger charge is -2.21. The van der Waals surface area contributed by atoms with E-state index in [9.17, 15) is 9.59 Å². The van der Waals surface area contributed by atoms with Crippen molar-refractivity contribution < 1.29 is 14.3 Å². The van der Waals surface area contributed by atoms with Crippen LogP contribution in [0.2, 0.25) is 0 Å². The molecule has 0 bridgehead atoms. The number of benzene rings is 1. The average molecular weight is 320 g/mol. The minimum atomic E-state index is 0.0164. The van der Waals surface area contributed by atoms with E-state index in [4.69, 9.17) is 4.74 Å². The largest absolute Gasteiger partial charge is 0.496 e. The maximum atomic E-state index is 11.7. The van der Waals surface area contributed by atoms with Crippen LogP contribution in [0.5, 0.6) is 5.75 Å². The highest BCUT2D eigenvalue weighted by Crippen LogP contribution is 2.17. The smallest absolute Gasteiger partial charge is 0.220 e. The molecule has 1 N–H and O–H groups in total. The number of carbonyl (C=O) groups excluding carboxylic acids is 2. The van der Waals surface area contributed by atoms with Crippen LogP contribution < -0.4 is 10.1 Å². The second kappa shape index (κ2) is 10.6. The van der Waals surface area contributed by atoms with Crippen LogP contribution in [0, 0.1) is 0 Å². The summed E-state index contributed by atoms with van der Waals surface area (Å²) < 4.78 is 5.33. The molecule has 0 saturated heterocycles. The van der Waals surface area contributed by atoms with E-state index in [1.807, 2.05) is 24.3 Å². The quantitative estimate of drug-likeness (QED) is 0.720. The Hall–Kier alpha value is -2.04. The van der Waals surface area contributed by atoms with Crippen molar-refractivity contribution in [1.82, 2.24) is 10.2 Å². The lowest BCUT2D eigenvalue weighted by Crippen LogP contribution is -2.38. The van der Waals surface area contributed by atoms with Gasteiger partial charge in [0.05, 0.1) is 7.11 Å². The summed E-state index contributed by atoms with van der Waals surface area (Å²) in [6, 6.07) is 7.81. The normalized spacial score (nSPS) is 10.2. The zero-order valence-electron chi connectivity index (χ0n) is 14.4. The summed E-state index contributed by atoms with van der Waals surface area (Å²) in [5.74, 6) is 0.909. The van der Waals surface area contributed by atoms with Gasteiger partial charge in [-0.15, -0.1) is 0 Å². The van der Waals surface area contributed by atoms with Gasteiger partial charge in [-0.3, -0.25) is 9.59 Å². The fraction of sp³-hybridized carbons (Fsp3) is 0.556. The standard InChI is InChI=1S/C18H28N2O3/c1-4-5-10-18(22)19-12-14-20(15(2)21)13-11-16-8-6-7-9-17(16)23-3/h6-9H,4-5,10-14H2,1-3H3,(H,19,22). The van der Waals surface area contributed by atoms with Crippen LogP contribution >= 0.6 is 0 Å². The lowest BCUT2D eigenvalue weighted by atomic mass is 10.1. The van der Waals surface area contributed by atoms with Crippen molar-refractivity contribution in [3.8, 4) is 5.75 Å². The fourth-order valence-corrected chi connectivity index (χ4v) is 2.35. The van der Waals surface area contributed by atoms with Crippen molar-refractivity contribution in [3.05, 3.63) is 29.8 Å². The number of rotatable bonds is 10. The molecule has 0 heterocycles. The summed E-state index contributed by atoms with van der Waals surface area (Å²) in [5, 5.41) is 2.87. The second-order valence-electron chi connectivity index (χ2n) is 5.52. The number of hydrogen-bond donors (Lipinski definition) is 1. The molecular weight excluding hydrogens is 292 g/mol. The van der Waals surface area contributed by atoms with E-state index in [-0.39, 0.29) is 11.8 Å². The Morgan fingerprint density at radius 3 is 2.61 bits per heavy atom. The summed E-state index contributed by atoms with van der Waals surface area (Å²) in [7, 11) is 1.65. The predicted octanol–water partition coefficient (Wildman–Crippen LogP) is 2.39. The number of amides is 2. The van der Waals surface area contributed by atoms with Crippen molar-refractivity contribution in [2.24, 2.45) is 0 Å². The highest BCUT2D eigenvalue weighted by atomic mass is 16.5. The zero-order chi connectivity index (χ0) is 17.1. The van der Waals surface area contributed by atoms with Gasteiger partial charge in [-0.2, -0.15) is 0 Å². The molecule has 0 unspecified atom stereocenters. The number of nitrogens with zero attached hydrogens (tertiary/aromatic N) is 1. The third-order valence-corrected chi connectivity index (χ3v) is 3.75. The van der Waals surface area contributed by atoms with Crippen molar-refractivity contribution >= 4 is 11.8 Å². The molecule has 0 fully saturated rings. The molecule has 0 aliphatic rings. The molecule has 1 aromatic rings. The second-order valence-corrected chi connectivity index (χ2v) is 5.52. The highest BCUT2D eigenvalue weighted by Gasteiger charge is 2.11. The molecule has 5 nitrogen and oxygen atoms in total. The summed E-state index contributed by atoms with van der Waals surface area (Å²) in [6.45, 7) is 5.25. The van der Waals surface area contributed by atoms with Crippen molar-refractivity contribution in [3.63, 3.8) is 0 Å². The molecule has 0 radical (unpaired) electrons. The van der Waals surface area contributed by atoms with Gasteiger partial charge in [0, 0.05) is 33.0 Å². The van der Waals surface area contributed by atoms with E-state index in [0.717, 1.165) is 30.6 Å². The van der Waals surface area contributed by atoms with Gasteiger partial charge < -0.3 is 15.0 Å². The van der Waals surface area contributed by atoms with E-state index in [1.54, 1.807) is 18.9 Å². The van der Waals surface area contributed by atoms with Crippen LogP contribution in [-0.2, 0) is 16.0 Å². The van der Waals surface area contributed by atoms with E-state index in [2.05, 4.69) is 12.2 Å². The molecule has 0 spiro atoms. The molecule has 0 aliphatic heterocycles. The Morgan fingerprint density at radius 1 is 1.22 bits per heavy atom. The topological polar surface area (TPSA) is 58.6 Å². The molecule has 128 valence electrons. The van der Waals surface area contributed by atoms with E-state index in [0.29, 0.717) is 26.1 Å². The van der Waals surface area contributed by atoms with Crippen LogP contribution in [0.15, 0.2) is 24.3 Å². The highest BCUT2D eigenvalue weighted by molar-refractivity contribution is 5.76. The Labute approximate surface area is 139 Å². The van der Waals surface area contributed by atoms with Gasteiger partial charge >= 0.3 is 0 Å². The van der Waals surface area contributed by atoms with Gasteiger partial charge in [0.15, 0.2) is 0 Å². The predicted molar refractivity (Wildman–Crippen MR) is 91.5 cm³/mol. The number of para-hydroxylation sites is 1. The number of carbonyl (C=O) groups is 2. The van der Waals surface area contributed by atoms with Crippen molar-refractivity contribution in [2.45, 2.75) is 39.5 Å². The minimum Gasteiger partial charge on any atom is -0.496 e. The molecule has 0 atom stereocenters. The Kier molecular flexibility index (Phi) is 8.80. The molecule has 1 rings (SSSR count). The molecule has 5 heteroatoms. The Morgan fingerprint density at radius 2 is 1.96 bits per heavy atom. The van der Waals surface area contributed by atoms with Crippen LogP contribution in [0.3, 0.4) is 0 Å². The van der Waals surface area contributed by atoms with Crippen LogP contribution in [0.4, 0.5) is 0 Å². The number of ether oxygens (including phenoxy) is 1. The first kappa shape index (κ1) is 19.0. The number of hydrogen-bond acceptors (Lipinski definition) is 3. The van der Waals surface area contributed by atoms with Gasteiger partial charge in [0.25, 0.3) is 0 Å². The van der Waals surface area contributed by atoms with Gasteiger partial charge in [-0.05, 0) is 24.5 Å². The Balaban J connectivity index is 2.43. The monoisotopic (exact) mass is 320 g/mol. The minimum absolute atomic E-state index is 0.0164. The first-order chi connectivity index (χ1) is 11.1. The van der Waals surface area contributed by atoms with Crippen molar-refractivity contribution in [1.29, 1.82) is 0 Å². The maximum absolute atomic E-state index is 11.7. The molecule has 2 amide bonds. The molecule has 1 aromatic carbocycles. The van der Waals surface area contributed by atoms with Gasteiger partial charge in [0.1, 0.15) is 5.75 Å². The summed E-state index contributed by atoms with van der Waals surface area (Å²) in [5.41, 5.74) is 1.08. The lowest BCUT2D eigenvalue weighted by molar-refractivity contribution is -0.129. The first-order valence-electron chi connectivity index (χ1n) is 8.22. The zero-order valence-corrected chi connectivity index (χ0v) is 14.4. The average Bonchev–Trinajstić information content (AvgIpc) is 2.55. The SMILES string of the molecule is CCCCC(=O)NCCN(CCc1ccccc1OC)C(C)=O. The third-order valence-electron chi connectivity index (χ3n) is 3.75. The molecule has 0 aromatic heterocycles. The summed E-state index contributed by atoms with van der Waals surface area (Å²) in [4.78, 5) is 25.1. The van der Waals surface area contributed by atoms with E-state index in [1.165, 1.54) is 0 Å². The summed E-state index contributed by atoms with van der Waals surface area (Å²) in [6.07, 6.45) is 3.19. The van der Waals surface area contributed by atoms with E-state index < -0.39 is 0 Å². The van der Waals surface area contributed by atoms with Crippen LogP contribution in [0.1, 0.15) is 38.7 Å². The van der Waals surface area contributed by atoms with Crippen LogP contribution in [-0.4, -0.2) is 43.5 Å². The number of nitrogens with one attached hydrogen (secondary N) is 1. The van der Waals surface area contributed by atoms with Crippen LogP contribution in [0.25, 0.3) is 0 Å². The fourth-order valence-electron chi connectivity index (χ4n) is 2.35. The van der Waals surface area contributed by atoms with Gasteiger partial charge in [0.2, 0.25) is 11.8 Å². The molecule has 23 heavy (non-hydrogen) atoms. The van der Waals surface area contributed by atoms with E-state index >= 15 is 0 Å². The third kappa shape index (κ3) is 7.17. The molecule has 0 saturated carbocycles. The maximum Gasteiger partial charge on any atom is 0.220 e. The molecular formula is C18H28N2O3. The summed E-state index contributed by atoms with van der Waals surface area (Å²) >= 11 is 0. The van der Waals surface area contributed by atoms with Gasteiger partial charge in [-0.1, -0.05) is 31.5 Å². The Bertz CT molecular complexity index is 503. The van der Waals surface area contributed by atoms with Crippen molar-refractivity contribution in [2.75, 3.05) is 26.7 Å². The molecule has 0 aliphatic carbocycles. The first-order valence-corrected chi connectivity index (χ1v) is 8.22.